The van der Waals surface area contributed by atoms with Crippen molar-refractivity contribution in [3.05, 3.63) is 17.7 Å². The van der Waals surface area contributed by atoms with Crippen molar-refractivity contribution in [3.63, 3.8) is 0 Å². The lowest BCUT2D eigenvalue weighted by Gasteiger charge is -2.15. The summed E-state index contributed by atoms with van der Waals surface area (Å²) in [6, 6.07) is 2.99. The molecule has 0 aliphatic heterocycles. The normalized spacial score (nSPS) is 9.80. The SMILES string of the molecule is CCOC(=O)C(=O)c1ccc(OC)c(OC)c1OCC. The van der Waals surface area contributed by atoms with E-state index in [0.717, 1.165) is 0 Å². The molecule has 0 heterocycles. The maximum atomic E-state index is 12.0. The molecule has 0 aromatic heterocycles. The molecule has 0 N–H and O–H groups in total. The van der Waals surface area contributed by atoms with Crippen LogP contribution >= 0.6 is 0 Å². The van der Waals surface area contributed by atoms with Gasteiger partial charge in [0.25, 0.3) is 5.78 Å². The van der Waals surface area contributed by atoms with Crippen molar-refractivity contribution in [2.45, 2.75) is 13.8 Å². The summed E-state index contributed by atoms with van der Waals surface area (Å²) in [5, 5.41) is 0. The highest BCUT2D eigenvalue weighted by atomic mass is 16.5. The fourth-order valence-electron chi connectivity index (χ4n) is 1.67. The number of benzene rings is 1. The standard InChI is InChI=1S/C14H18O6/c1-5-19-12-9(11(15)14(16)20-6-2)7-8-10(17-3)13(12)18-4/h7-8H,5-6H2,1-4H3. The average molecular weight is 282 g/mol. The molecule has 0 unspecified atom stereocenters. The first-order valence-corrected chi connectivity index (χ1v) is 6.19. The zero-order chi connectivity index (χ0) is 15.1. The fourth-order valence-corrected chi connectivity index (χ4v) is 1.67. The van der Waals surface area contributed by atoms with Gasteiger partial charge in [-0.2, -0.15) is 0 Å². The molecule has 110 valence electrons. The smallest absolute Gasteiger partial charge is 0.379 e. The van der Waals surface area contributed by atoms with Crippen LogP contribution in [0.3, 0.4) is 0 Å². The van der Waals surface area contributed by atoms with Gasteiger partial charge in [0.15, 0.2) is 11.5 Å². The van der Waals surface area contributed by atoms with Crippen LogP contribution in [0.1, 0.15) is 24.2 Å². The average Bonchev–Trinajstić information content (AvgIpc) is 2.46. The number of Topliss-reactive ketones (excluding diaryl/α,β-unsaturated/α-hetero) is 1. The highest BCUT2D eigenvalue weighted by Gasteiger charge is 2.26. The molecule has 20 heavy (non-hydrogen) atoms. The van der Waals surface area contributed by atoms with Crippen LogP contribution < -0.4 is 14.2 Å². The van der Waals surface area contributed by atoms with Gasteiger partial charge in [0, 0.05) is 0 Å². The first-order chi connectivity index (χ1) is 9.60. The van der Waals surface area contributed by atoms with E-state index in [4.69, 9.17) is 18.9 Å². The van der Waals surface area contributed by atoms with Gasteiger partial charge in [0.05, 0.1) is 33.0 Å². The molecular weight excluding hydrogens is 264 g/mol. The second kappa shape index (κ2) is 7.37. The van der Waals surface area contributed by atoms with Crippen molar-refractivity contribution in [2.75, 3.05) is 27.4 Å². The lowest BCUT2D eigenvalue weighted by molar-refractivity contribution is -0.137. The third-order valence-electron chi connectivity index (χ3n) is 2.49. The topological polar surface area (TPSA) is 71.1 Å². The molecule has 1 aromatic carbocycles. The summed E-state index contributed by atoms with van der Waals surface area (Å²) in [4.78, 5) is 23.6. The Bertz CT molecular complexity index is 495. The summed E-state index contributed by atoms with van der Waals surface area (Å²) in [5.41, 5.74) is 0.0861. The van der Waals surface area contributed by atoms with Crippen LogP contribution in [0, 0.1) is 0 Å². The molecular formula is C14H18O6. The van der Waals surface area contributed by atoms with Gasteiger partial charge in [0.1, 0.15) is 0 Å². The van der Waals surface area contributed by atoms with Crippen LogP contribution in [0.4, 0.5) is 0 Å². The lowest BCUT2D eigenvalue weighted by atomic mass is 10.1. The number of esters is 1. The number of hydrogen-bond acceptors (Lipinski definition) is 6. The first-order valence-electron chi connectivity index (χ1n) is 6.19. The molecule has 0 saturated carbocycles. The lowest BCUT2D eigenvalue weighted by Crippen LogP contribution is -2.19. The highest BCUT2D eigenvalue weighted by molar-refractivity contribution is 6.41. The maximum absolute atomic E-state index is 12.0. The van der Waals surface area contributed by atoms with E-state index in [1.807, 2.05) is 0 Å². The molecule has 0 saturated heterocycles. The Balaban J connectivity index is 3.31. The Morgan fingerprint density at radius 1 is 1.00 bits per heavy atom. The molecule has 0 atom stereocenters. The van der Waals surface area contributed by atoms with Gasteiger partial charge in [-0.05, 0) is 26.0 Å². The Morgan fingerprint density at radius 2 is 1.70 bits per heavy atom. The van der Waals surface area contributed by atoms with Gasteiger partial charge in [-0.15, -0.1) is 0 Å². The summed E-state index contributed by atoms with van der Waals surface area (Å²) in [6.07, 6.45) is 0. The molecule has 1 aromatic rings. The van der Waals surface area contributed by atoms with E-state index in [2.05, 4.69) is 0 Å². The van der Waals surface area contributed by atoms with Gasteiger partial charge in [-0.3, -0.25) is 4.79 Å². The number of methoxy groups -OCH3 is 2. The number of carbonyl (C=O) groups excluding carboxylic acids is 2. The van der Waals surface area contributed by atoms with Crippen LogP contribution in [-0.2, 0) is 9.53 Å². The fraction of sp³-hybridized carbons (Fsp3) is 0.429. The third-order valence-corrected chi connectivity index (χ3v) is 2.49. The number of ketones is 1. The van der Waals surface area contributed by atoms with E-state index in [-0.39, 0.29) is 23.7 Å². The maximum Gasteiger partial charge on any atom is 0.379 e. The number of rotatable bonds is 7. The summed E-state index contributed by atoms with van der Waals surface area (Å²) >= 11 is 0. The molecule has 1 rings (SSSR count). The van der Waals surface area contributed by atoms with E-state index in [9.17, 15) is 9.59 Å². The van der Waals surface area contributed by atoms with Crippen molar-refractivity contribution in [2.24, 2.45) is 0 Å². The molecule has 6 nitrogen and oxygen atoms in total. The summed E-state index contributed by atoms with van der Waals surface area (Å²) < 4.78 is 20.5. The van der Waals surface area contributed by atoms with Crippen LogP contribution in [0.25, 0.3) is 0 Å². The largest absolute Gasteiger partial charge is 0.493 e. The highest BCUT2D eigenvalue weighted by Crippen LogP contribution is 2.40. The molecule has 6 heteroatoms. The minimum absolute atomic E-state index is 0.0861. The van der Waals surface area contributed by atoms with Crippen LogP contribution in [0.15, 0.2) is 12.1 Å². The molecule has 0 fully saturated rings. The van der Waals surface area contributed by atoms with Crippen molar-refractivity contribution in [1.82, 2.24) is 0 Å². The molecule has 0 aliphatic rings. The van der Waals surface area contributed by atoms with Gasteiger partial charge in [-0.25, -0.2) is 4.79 Å². The van der Waals surface area contributed by atoms with Crippen molar-refractivity contribution in [3.8, 4) is 17.2 Å². The van der Waals surface area contributed by atoms with E-state index >= 15 is 0 Å². The molecule has 0 radical (unpaired) electrons. The van der Waals surface area contributed by atoms with Crippen LogP contribution in [0.5, 0.6) is 17.2 Å². The van der Waals surface area contributed by atoms with Gasteiger partial charge < -0.3 is 18.9 Å². The van der Waals surface area contributed by atoms with Crippen molar-refractivity contribution >= 4 is 11.8 Å². The zero-order valence-electron chi connectivity index (χ0n) is 12.0. The Labute approximate surface area is 117 Å². The van der Waals surface area contributed by atoms with Crippen LogP contribution in [0.2, 0.25) is 0 Å². The molecule has 0 spiro atoms. The summed E-state index contributed by atoms with van der Waals surface area (Å²) in [5.74, 6) is -0.856. The Morgan fingerprint density at radius 3 is 2.20 bits per heavy atom. The van der Waals surface area contributed by atoms with Gasteiger partial charge >= 0.3 is 5.97 Å². The van der Waals surface area contributed by atoms with Crippen LogP contribution in [-0.4, -0.2) is 39.2 Å². The molecule has 0 bridgehead atoms. The quantitative estimate of drug-likeness (QED) is 0.432. The van der Waals surface area contributed by atoms with Gasteiger partial charge in [-0.1, -0.05) is 0 Å². The summed E-state index contributed by atoms with van der Waals surface area (Å²) in [6.45, 7) is 3.83. The van der Waals surface area contributed by atoms with E-state index in [0.29, 0.717) is 12.4 Å². The molecule has 0 amide bonds. The Hall–Kier alpha value is -2.24. The molecule has 0 aliphatic carbocycles. The minimum Gasteiger partial charge on any atom is -0.493 e. The first kappa shape index (κ1) is 15.8. The third kappa shape index (κ3) is 3.20. The van der Waals surface area contributed by atoms with E-state index in [1.54, 1.807) is 13.8 Å². The van der Waals surface area contributed by atoms with Crippen molar-refractivity contribution in [1.29, 1.82) is 0 Å². The van der Waals surface area contributed by atoms with Crippen molar-refractivity contribution < 1.29 is 28.5 Å². The monoisotopic (exact) mass is 282 g/mol. The second-order valence-corrected chi connectivity index (χ2v) is 3.66. The Kier molecular flexibility index (Phi) is 5.83. The van der Waals surface area contributed by atoms with Gasteiger partial charge in [0.2, 0.25) is 5.75 Å². The van der Waals surface area contributed by atoms with E-state index in [1.165, 1.54) is 26.4 Å². The van der Waals surface area contributed by atoms with E-state index < -0.39 is 11.8 Å². The second-order valence-electron chi connectivity index (χ2n) is 3.66. The number of carbonyl (C=O) groups is 2. The number of hydrogen-bond donors (Lipinski definition) is 0. The zero-order valence-corrected chi connectivity index (χ0v) is 12.0. The number of ether oxygens (including phenoxy) is 4. The minimum atomic E-state index is -0.930. The predicted octanol–water partition coefficient (Wildman–Crippen LogP) is 1.85. The predicted molar refractivity (Wildman–Crippen MR) is 71.7 cm³/mol. The summed E-state index contributed by atoms with van der Waals surface area (Å²) in [7, 11) is 2.90.